The quantitative estimate of drug-likeness (QED) is 0.598. The molecule has 0 aliphatic rings. The van der Waals surface area contributed by atoms with Gasteiger partial charge in [0.1, 0.15) is 6.07 Å². The third kappa shape index (κ3) is 2.45. The molecule has 0 fully saturated rings. The van der Waals surface area contributed by atoms with E-state index in [0.717, 1.165) is 19.2 Å². The van der Waals surface area contributed by atoms with Gasteiger partial charge >= 0.3 is 5.97 Å². The second kappa shape index (κ2) is 5.16. The normalized spacial score (nSPS) is 9.82. The van der Waals surface area contributed by atoms with E-state index < -0.39 is 18.0 Å². The first-order chi connectivity index (χ1) is 8.04. The first-order valence-corrected chi connectivity index (χ1v) is 4.44. The number of rotatable bonds is 3. The van der Waals surface area contributed by atoms with Crippen molar-refractivity contribution in [3.8, 4) is 6.07 Å². The van der Waals surface area contributed by atoms with Gasteiger partial charge in [0.05, 0.1) is 18.2 Å². The van der Waals surface area contributed by atoms with E-state index in [-0.39, 0.29) is 23.0 Å². The summed E-state index contributed by atoms with van der Waals surface area (Å²) < 4.78 is 29.5. The van der Waals surface area contributed by atoms with Gasteiger partial charge in [-0.1, -0.05) is 0 Å². The van der Waals surface area contributed by atoms with Gasteiger partial charge in [0, 0.05) is 11.1 Å². The highest BCUT2D eigenvalue weighted by Crippen LogP contribution is 2.25. The van der Waals surface area contributed by atoms with Gasteiger partial charge in [-0.25, -0.2) is 13.6 Å². The van der Waals surface area contributed by atoms with Crippen molar-refractivity contribution in [3.05, 3.63) is 34.4 Å². The zero-order chi connectivity index (χ0) is 13.0. The van der Waals surface area contributed by atoms with Crippen LogP contribution in [0.25, 0.3) is 0 Å². The zero-order valence-corrected chi connectivity index (χ0v) is 8.74. The van der Waals surface area contributed by atoms with Gasteiger partial charge in [0.25, 0.3) is 6.43 Å². The fourth-order valence-electron chi connectivity index (χ4n) is 1.30. The molecule has 0 saturated heterocycles. The Morgan fingerprint density at radius 3 is 2.59 bits per heavy atom. The van der Waals surface area contributed by atoms with Gasteiger partial charge in [0.15, 0.2) is 6.29 Å². The summed E-state index contributed by atoms with van der Waals surface area (Å²) in [7, 11) is 1.09. The highest BCUT2D eigenvalue weighted by molar-refractivity contribution is 5.94. The maximum absolute atomic E-state index is 12.6. The lowest BCUT2D eigenvalue weighted by molar-refractivity contribution is 0.0600. The molecule has 0 N–H and O–H groups in total. The molecule has 0 aliphatic heterocycles. The minimum Gasteiger partial charge on any atom is -0.465 e. The molecule has 0 spiro atoms. The number of hydrogen-bond acceptors (Lipinski definition) is 4. The van der Waals surface area contributed by atoms with Crippen LogP contribution in [0.15, 0.2) is 12.1 Å². The van der Waals surface area contributed by atoms with Crippen molar-refractivity contribution < 1.29 is 23.1 Å². The van der Waals surface area contributed by atoms with Crippen molar-refractivity contribution in [2.24, 2.45) is 0 Å². The average molecular weight is 239 g/mol. The molecule has 1 rings (SSSR count). The summed E-state index contributed by atoms with van der Waals surface area (Å²) in [4.78, 5) is 21.9. The van der Waals surface area contributed by atoms with Crippen LogP contribution in [0.2, 0.25) is 0 Å². The largest absolute Gasteiger partial charge is 0.465 e. The SMILES string of the molecule is COC(=O)c1cc(C=O)c(C(F)F)cc1C#N. The lowest BCUT2D eigenvalue weighted by Crippen LogP contribution is -2.07. The number of benzene rings is 1. The van der Waals surface area contributed by atoms with Crippen molar-refractivity contribution in [1.29, 1.82) is 5.26 Å². The molecule has 1 aromatic carbocycles. The Kier molecular flexibility index (Phi) is 3.88. The Bertz CT molecular complexity index is 506. The standard InChI is InChI=1S/C11H7F2NO3/c1-17-11(16)9-3-7(5-15)8(10(12)13)2-6(9)4-14/h2-3,5,10H,1H3. The number of methoxy groups -OCH3 is 1. The van der Waals surface area contributed by atoms with Gasteiger partial charge in [-0.2, -0.15) is 5.26 Å². The molecule has 0 bridgehead atoms. The van der Waals surface area contributed by atoms with Gasteiger partial charge < -0.3 is 4.74 Å². The maximum Gasteiger partial charge on any atom is 0.339 e. The van der Waals surface area contributed by atoms with Crippen LogP contribution in [0.1, 0.15) is 38.3 Å². The van der Waals surface area contributed by atoms with Crippen molar-refractivity contribution in [2.75, 3.05) is 7.11 Å². The fraction of sp³-hybridized carbons (Fsp3) is 0.182. The van der Waals surface area contributed by atoms with Crippen LogP contribution in [0, 0.1) is 11.3 Å². The van der Waals surface area contributed by atoms with E-state index in [9.17, 15) is 18.4 Å². The van der Waals surface area contributed by atoms with E-state index in [2.05, 4.69) is 4.74 Å². The molecule has 0 heterocycles. The molecule has 0 unspecified atom stereocenters. The van der Waals surface area contributed by atoms with Crippen molar-refractivity contribution >= 4 is 12.3 Å². The van der Waals surface area contributed by atoms with E-state index >= 15 is 0 Å². The predicted octanol–water partition coefficient (Wildman–Crippen LogP) is 2.09. The molecule has 88 valence electrons. The van der Waals surface area contributed by atoms with Crippen LogP contribution in [0.3, 0.4) is 0 Å². The summed E-state index contributed by atoms with van der Waals surface area (Å²) in [6, 6.07) is 3.36. The van der Waals surface area contributed by atoms with Gasteiger partial charge in [-0.3, -0.25) is 4.79 Å². The Balaban J connectivity index is 3.50. The van der Waals surface area contributed by atoms with E-state index in [1.807, 2.05) is 0 Å². The number of alkyl halides is 2. The van der Waals surface area contributed by atoms with Crippen LogP contribution in [0.5, 0.6) is 0 Å². The average Bonchev–Trinajstić information content (AvgIpc) is 2.35. The van der Waals surface area contributed by atoms with Crippen molar-refractivity contribution in [2.45, 2.75) is 6.43 Å². The molecule has 17 heavy (non-hydrogen) atoms. The molecule has 0 aliphatic carbocycles. The molecule has 0 aromatic heterocycles. The van der Waals surface area contributed by atoms with Crippen LogP contribution >= 0.6 is 0 Å². The number of esters is 1. The summed E-state index contributed by atoms with van der Waals surface area (Å²) in [5, 5.41) is 8.74. The molecule has 0 atom stereocenters. The first kappa shape index (κ1) is 12.8. The third-order valence-corrected chi connectivity index (χ3v) is 2.11. The number of carbonyl (C=O) groups excluding carboxylic acids is 2. The number of nitrogens with zero attached hydrogens (tertiary/aromatic N) is 1. The van der Waals surface area contributed by atoms with E-state index in [1.165, 1.54) is 0 Å². The topological polar surface area (TPSA) is 67.2 Å². The number of nitriles is 1. The number of hydrogen-bond donors (Lipinski definition) is 0. The molecule has 1 aromatic rings. The second-order valence-electron chi connectivity index (χ2n) is 3.05. The maximum atomic E-state index is 12.6. The van der Waals surface area contributed by atoms with Crippen molar-refractivity contribution in [3.63, 3.8) is 0 Å². The lowest BCUT2D eigenvalue weighted by atomic mass is 9.99. The molecule has 6 heteroatoms. The van der Waals surface area contributed by atoms with E-state index in [0.29, 0.717) is 0 Å². The number of carbonyl (C=O) groups is 2. The smallest absolute Gasteiger partial charge is 0.339 e. The predicted molar refractivity (Wildman–Crippen MR) is 52.8 cm³/mol. The highest BCUT2D eigenvalue weighted by atomic mass is 19.3. The highest BCUT2D eigenvalue weighted by Gasteiger charge is 2.20. The molecule has 4 nitrogen and oxygen atoms in total. The Labute approximate surface area is 95.4 Å². The van der Waals surface area contributed by atoms with E-state index in [1.54, 1.807) is 6.07 Å². The van der Waals surface area contributed by atoms with Crippen LogP contribution in [0.4, 0.5) is 8.78 Å². The molecular formula is C11H7F2NO3. The number of ether oxygens (including phenoxy) is 1. The summed E-state index contributed by atoms with van der Waals surface area (Å²) >= 11 is 0. The third-order valence-electron chi connectivity index (χ3n) is 2.11. The van der Waals surface area contributed by atoms with E-state index in [4.69, 9.17) is 5.26 Å². The Morgan fingerprint density at radius 1 is 1.53 bits per heavy atom. The number of halogens is 2. The minimum atomic E-state index is -2.89. The van der Waals surface area contributed by atoms with Gasteiger partial charge in [0.2, 0.25) is 0 Å². The van der Waals surface area contributed by atoms with Crippen molar-refractivity contribution in [1.82, 2.24) is 0 Å². The first-order valence-electron chi connectivity index (χ1n) is 4.44. The minimum absolute atomic E-state index is 0.203. The molecular weight excluding hydrogens is 232 g/mol. The lowest BCUT2D eigenvalue weighted by Gasteiger charge is -2.07. The fourth-order valence-corrected chi connectivity index (χ4v) is 1.30. The number of aldehydes is 1. The monoisotopic (exact) mass is 239 g/mol. The molecule has 0 radical (unpaired) electrons. The summed E-state index contributed by atoms with van der Waals surface area (Å²) in [6.45, 7) is 0. The van der Waals surface area contributed by atoms with Gasteiger partial charge in [-0.15, -0.1) is 0 Å². The van der Waals surface area contributed by atoms with Crippen LogP contribution in [-0.4, -0.2) is 19.4 Å². The molecule has 0 saturated carbocycles. The van der Waals surface area contributed by atoms with Crippen LogP contribution in [-0.2, 0) is 4.74 Å². The van der Waals surface area contributed by atoms with Gasteiger partial charge in [-0.05, 0) is 12.1 Å². The summed E-state index contributed by atoms with van der Waals surface area (Å²) in [6.07, 6.45) is -2.69. The summed E-state index contributed by atoms with van der Waals surface area (Å²) in [5.74, 6) is -0.856. The Morgan fingerprint density at radius 2 is 2.18 bits per heavy atom. The summed E-state index contributed by atoms with van der Waals surface area (Å²) in [5.41, 5.74) is -1.37. The Hall–Kier alpha value is -2.29. The molecule has 0 amide bonds. The van der Waals surface area contributed by atoms with Crippen LogP contribution < -0.4 is 0 Å². The second-order valence-corrected chi connectivity index (χ2v) is 3.05. The zero-order valence-electron chi connectivity index (χ0n) is 8.74.